The van der Waals surface area contributed by atoms with Gasteiger partial charge in [-0.05, 0) is 24.0 Å². The van der Waals surface area contributed by atoms with Crippen LogP contribution < -0.4 is 21.3 Å². The highest BCUT2D eigenvalue weighted by molar-refractivity contribution is 5.93. The van der Waals surface area contributed by atoms with E-state index in [1.54, 1.807) is 0 Å². The first-order valence-corrected chi connectivity index (χ1v) is 11.1. The summed E-state index contributed by atoms with van der Waals surface area (Å²) in [5, 5.41) is 12.9. The molecule has 1 aromatic carbocycles. The SMILES string of the molecule is CC(C)C[C@@H]1NC(=O)[C@H](Cc2c[nH]c3ccccc23)NC(=O)CNC2(CNC1=O)COC2. The van der Waals surface area contributed by atoms with Crippen LogP contribution in [0.3, 0.4) is 0 Å². The maximum atomic E-state index is 13.2. The molecule has 3 amide bonds. The fourth-order valence-corrected chi connectivity index (χ4v) is 4.21. The van der Waals surface area contributed by atoms with Crippen LogP contribution >= 0.6 is 0 Å². The standard InChI is InChI=1S/C23H31N5O4/c1-14(2)7-18-21(30)25-11-23(12-32-13-23)26-10-20(29)27-19(22(31)28-18)8-15-9-24-17-6-4-3-5-16(15)17/h3-6,9,14,18-19,24,26H,7-8,10-13H2,1-2H3,(H,25,30)(H,27,29)(H,28,31)/t18-,19-/m0/s1. The first-order valence-electron chi connectivity index (χ1n) is 11.1. The van der Waals surface area contributed by atoms with E-state index in [4.69, 9.17) is 4.74 Å². The second-order valence-corrected chi connectivity index (χ2v) is 9.22. The van der Waals surface area contributed by atoms with Gasteiger partial charge in [-0.2, -0.15) is 0 Å². The van der Waals surface area contributed by atoms with Gasteiger partial charge in [0.15, 0.2) is 0 Å². The van der Waals surface area contributed by atoms with Crippen molar-refractivity contribution in [3.05, 3.63) is 36.0 Å². The van der Waals surface area contributed by atoms with E-state index in [9.17, 15) is 14.4 Å². The number of benzene rings is 1. The fourth-order valence-electron chi connectivity index (χ4n) is 4.21. The van der Waals surface area contributed by atoms with Gasteiger partial charge in [-0.25, -0.2) is 0 Å². The maximum Gasteiger partial charge on any atom is 0.243 e. The highest BCUT2D eigenvalue weighted by atomic mass is 16.5. The van der Waals surface area contributed by atoms with Crippen molar-refractivity contribution < 1.29 is 19.1 Å². The van der Waals surface area contributed by atoms with E-state index in [-0.39, 0.29) is 30.2 Å². The Bertz CT molecular complexity index is 997. The summed E-state index contributed by atoms with van der Waals surface area (Å²) in [6, 6.07) is 6.33. The summed E-state index contributed by atoms with van der Waals surface area (Å²) in [7, 11) is 0. The zero-order valence-electron chi connectivity index (χ0n) is 18.5. The average Bonchev–Trinajstić information content (AvgIpc) is 3.13. The predicted molar refractivity (Wildman–Crippen MR) is 120 cm³/mol. The maximum absolute atomic E-state index is 13.2. The fraction of sp³-hybridized carbons (Fsp3) is 0.522. The second-order valence-electron chi connectivity index (χ2n) is 9.22. The van der Waals surface area contributed by atoms with Crippen LogP contribution in [-0.2, 0) is 25.5 Å². The molecule has 9 nitrogen and oxygen atoms in total. The number of carbonyl (C=O) groups excluding carboxylic acids is 3. The van der Waals surface area contributed by atoms with Crippen molar-refractivity contribution in [2.45, 2.75) is 44.3 Å². The van der Waals surface area contributed by atoms with E-state index in [1.807, 2.05) is 44.3 Å². The van der Waals surface area contributed by atoms with Crippen LogP contribution in [0.1, 0.15) is 25.8 Å². The number of hydrogen-bond acceptors (Lipinski definition) is 5. The Hall–Kier alpha value is -2.91. The van der Waals surface area contributed by atoms with Gasteiger partial charge in [-0.3, -0.25) is 19.7 Å². The largest absolute Gasteiger partial charge is 0.377 e. The van der Waals surface area contributed by atoms with Gasteiger partial charge in [0.2, 0.25) is 17.7 Å². The molecular formula is C23H31N5O4. The summed E-state index contributed by atoms with van der Waals surface area (Å²) in [6.07, 6.45) is 2.67. The van der Waals surface area contributed by atoms with Crippen LogP contribution in [0.25, 0.3) is 10.9 Å². The third kappa shape index (κ3) is 4.94. The van der Waals surface area contributed by atoms with Crippen molar-refractivity contribution in [1.29, 1.82) is 0 Å². The van der Waals surface area contributed by atoms with Crippen molar-refractivity contribution in [1.82, 2.24) is 26.3 Å². The minimum Gasteiger partial charge on any atom is -0.377 e. The molecule has 172 valence electrons. The predicted octanol–water partition coefficient (Wildman–Crippen LogP) is 0.215. The summed E-state index contributed by atoms with van der Waals surface area (Å²) in [4.78, 5) is 42.0. The zero-order chi connectivity index (χ0) is 22.7. The molecule has 32 heavy (non-hydrogen) atoms. The van der Waals surface area contributed by atoms with Gasteiger partial charge in [0.25, 0.3) is 0 Å². The van der Waals surface area contributed by atoms with Crippen molar-refractivity contribution in [2.24, 2.45) is 5.92 Å². The third-order valence-corrected chi connectivity index (χ3v) is 6.07. The van der Waals surface area contributed by atoms with E-state index in [0.717, 1.165) is 16.5 Å². The Morgan fingerprint density at radius 1 is 1.06 bits per heavy atom. The number of nitrogens with one attached hydrogen (secondary N) is 5. The molecule has 0 unspecified atom stereocenters. The van der Waals surface area contributed by atoms with Crippen molar-refractivity contribution in [3.63, 3.8) is 0 Å². The number of aromatic nitrogens is 1. The molecule has 3 heterocycles. The van der Waals surface area contributed by atoms with Gasteiger partial charge >= 0.3 is 0 Å². The van der Waals surface area contributed by atoms with Gasteiger partial charge < -0.3 is 25.7 Å². The molecular weight excluding hydrogens is 410 g/mol. The molecule has 9 heteroatoms. The molecule has 0 bridgehead atoms. The number of para-hydroxylation sites is 1. The molecule has 5 N–H and O–H groups in total. The van der Waals surface area contributed by atoms with E-state index >= 15 is 0 Å². The number of amides is 3. The molecule has 1 aromatic heterocycles. The number of aromatic amines is 1. The monoisotopic (exact) mass is 441 g/mol. The Morgan fingerprint density at radius 2 is 1.84 bits per heavy atom. The van der Waals surface area contributed by atoms with Crippen LogP contribution in [0.5, 0.6) is 0 Å². The smallest absolute Gasteiger partial charge is 0.243 e. The van der Waals surface area contributed by atoms with Gasteiger partial charge in [-0.1, -0.05) is 32.0 Å². The molecule has 0 aliphatic carbocycles. The molecule has 0 radical (unpaired) electrons. The Morgan fingerprint density at radius 3 is 2.56 bits per heavy atom. The minimum absolute atomic E-state index is 0.0340. The molecule has 4 rings (SSSR count). The van der Waals surface area contributed by atoms with Crippen molar-refractivity contribution >= 4 is 28.6 Å². The van der Waals surface area contributed by atoms with E-state index in [1.165, 1.54) is 0 Å². The van der Waals surface area contributed by atoms with Crippen LogP contribution in [0.2, 0.25) is 0 Å². The first-order chi connectivity index (χ1) is 15.3. The lowest BCUT2D eigenvalue weighted by Crippen LogP contribution is -2.69. The van der Waals surface area contributed by atoms with Crippen molar-refractivity contribution in [3.8, 4) is 0 Å². The van der Waals surface area contributed by atoms with Crippen LogP contribution in [0.15, 0.2) is 30.5 Å². The Balaban J connectivity index is 1.58. The summed E-state index contributed by atoms with van der Waals surface area (Å²) >= 11 is 0. The topological polar surface area (TPSA) is 124 Å². The lowest BCUT2D eigenvalue weighted by Gasteiger charge is -2.42. The van der Waals surface area contributed by atoms with Crippen LogP contribution in [0.4, 0.5) is 0 Å². The normalized spacial score (nSPS) is 24.3. The molecule has 2 aliphatic rings. The third-order valence-electron chi connectivity index (χ3n) is 6.07. The van der Waals surface area contributed by atoms with E-state index < -0.39 is 17.6 Å². The molecule has 2 fully saturated rings. The average molecular weight is 442 g/mol. The summed E-state index contributed by atoms with van der Waals surface area (Å²) in [6.45, 7) is 5.21. The molecule has 2 saturated heterocycles. The lowest BCUT2D eigenvalue weighted by molar-refractivity contribution is -0.134. The van der Waals surface area contributed by atoms with E-state index in [2.05, 4.69) is 26.3 Å². The highest BCUT2D eigenvalue weighted by Gasteiger charge is 2.40. The van der Waals surface area contributed by atoms with Crippen LogP contribution in [-0.4, -0.2) is 66.6 Å². The number of hydrogen-bond donors (Lipinski definition) is 5. The number of fused-ring (bicyclic) bond motifs is 1. The number of carbonyl (C=O) groups is 3. The molecule has 2 aliphatic heterocycles. The van der Waals surface area contributed by atoms with Gasteiger partial charge in [-0.15, -0.1) is 0 Å². The second kappa shape index (κ2) is 9.30. The van der Waals surface area contributed by atoms with Gasteiger partial charge in [0.05, 0.1) is 25.3 Å². The van der Waals surface area contributed by atoms with Gasteiger partial charge in [0, 0.05) is 30.1 Å². The lowest BCUT2D eigenvalue weighted by atomic mass is 9.96. The van der Waals surface area contributed by atoms with Crippen LogP contribution in [0, 0.1) is 5.92 Å². The molecule has 1 spiro atoms. The summed E-state index contributed by atoms with van der Waals surface area (Å²) < 4.78 is 5.33. The Kier molecular flexibility index (Phi) is 6.48. The highest BCUT2D eigenvalue weighted by Crippen LogP contribution is 2.20. The van der Waals surface area contributed by atoms with Gasteiger partial charge in [0.1, 0.15) is 12.1 Å². The molecule has 2 atom stereocenters. The Labute approximate surface area is 187 Å². The number of ether oxygens (including phenoxy) is 1. The van der Waals surface area contributed by atoms with E-state index in [0.29, 0.717) is 32.6 Å². The number of H-pyrrole nitrogens is 1. The molecule has 0 saturated carbocycles. The molecule has 2 aromatic rings. The first kappa shape index (κ1) is 22.3. The number of rotatable bonds is 4. The minimum atomic E-state index is -0.806. The summed E-state index contributed by atoms with van der Waals surface area (Å²) in [5.74, 6) is -0.659. The summed E-state index contributed by atoms with van der Waals surface area (Å²) in [5.41, 5.74) is 1.42. The zero-order valence-corrected chi connectivity index (χ0v) is 18.5. The quantitative estimate of drug-likeness (QED) is 0.464. The van der Waals surface area contributed by atoms with Crippen molar-refractivity contribution in [2.75, 3.05) is 26.3 Å².